The number of benzene rings is 2. The van der Waals surface area contributed by atoms with Crippen LogP contribution in [0.1, 0.15) is 63.4 Å². The highest BCUT2D eigenvalue weighted by atomic mass is 32.2. The van der Waals surface area contributed by atoms with E-state index in [9.17, 15) is 0 Å². The van der Waals surface area contributed by atoms with E-state index in [4.69, 9.17) is 4.74 Å². The van der Waals surface area contributed by atoms with Crippen LogP contribution in [0.15, 0.2) is 65.7 Å². The van der Waals surface area contributed by atoms with Gasteiger partial charge in [0.25, 0.3) is 0 Å². The summed E-state index contributed by atoms with van der Waals surface area (Å²) in [6, 6.07) is 19.6. The molecule has 1 aliphatic rings. The van der Waals surface area contributed by atoms with Gasteiger partial charge in [-0.15, -0.1) is 11.8 Å². The number of aryl methyl sites for hydroxylation is 1. The van der Waals surface area contributed by atoms with Crippen LogP contribution < -0.4 is 9.30 Å². The third-order valence-corrected chi connectivity index (χ3v) is 7.66. The van der Waals surface area contributed by atoms with Crippen molar-refractivity contribution in [2.45, 2.75) is 75.0 Å². The van der Waals surface area contributed by atoms with Gasteiger partial charge in [0.15, 0.2) is 6.20 Å². The van der Waals surface area contributed by atoms with Gasteiger partial charge in [-0.25, -0.2) is 0 Å². The van der Waals surface area contributed by atoms with Crippen LogP contribution in [-0.2, 0) is 12.3 Å². The molecule has 1 saturated carbocycles. The topological polar surface area (TPSA) is 13.1 Å². The molecule has 0 aliphatic heterocycles. The van der Waals surface area contributed by atoms with Gasteiger partial charge in [-0.2, -0.15) is 4.57 Å². The normalized spacial score (nSPS) is 14.7. The smallest absolute Gasteiger partial charge is 0.212 e. The van der Waals surface area contributed by atoms with Crippen LogP contribution >= 0.6 is 11.8 Å². The molecular formula is C28H36NOS+. The summed E-state index contributed by atoms with van der Waals surface area (Å²) in [5.74, 6) is 2.91. The minimum Gasteiger partial charge on any atom is -0.497 e. The number of methoxy groups -OCH3 is 1. The maximum absolute atomic E-state index is 5.27. The third-order valence-electron chi connectivity index (χ3n) is 6.63. The maximum Gasteiger partial charge on any atom is 0.212 e. The van der Waals surface area contributed by atoms with Gasteiger partial charge in [0.1, 0.15) is 12.3 Å². The van der Waals surface area contributed by atoms with Crippen molar-refractivity contribution in [3.8, 4) is 5.75 Å². The molecule has 1 fully saturated rings. The molecule has 3 heteroatoms. The number of fused-ring (bicyclic) bond motifs is 1. The SMILES string of the molecule is COc1ccc(CSc2cc3ccccc3[n+](CCCCCC3CCCCC3)c2)cc1. The second kappa shape index (κ2) is 11.6. The van der Waals surface area contributed by atoms with Crippen LogP contribution in [0.25, 0.3) is 10.9 Å². The number of hydrogen-bond acceptors (Lipinski definition) is 2. The summed E-state index contributed by atoms with van der Waals surface area (Å²) in [5, 5.41) is 1.34. The number of pyridine rings is 1. The van der Waals surface area contributed by atoms with Crippen molar-refractivity contribution in [1.82, 2.24) is 0 Å². The van der Waals surface area contributed by atoms with Crippen molar-refractivity contribution in [2.24, 2.45) is 5.92 Å². The van der Waals surface area contributed by atoms with Crippen LogP contribution in [0.4, 0.5) is 0 Å². The Bertz CT molecular complexity index is 947. The monoisotopic (exact) mass is 434 g/mol. The predicted octanol–water partition coefficient (Wildman–Crippen LogP) is 7.57. The lowest BCUT2D eigenvalue weighted by atomic mass is 9.85. The Morgan fingerprint density at radius 3 is 2.55 bits per heavy atom. The standard InChI is InChI=1S/C28H36NOS/c1-30-26-17-15-24(16-18-26)22-31-27-20-25-13-7-8-14-28(25)29(21-27)19-9-3-6-12-23-10-4-2-5-11-23/h7-8,13-18,20-21,23H,2-6,9-12,19,22H2,1H3/q+1. The first-order chi connectivity index (χ1) is 15.3. The zero-order valence-corrected chi connectivity index (χ0v) is 19.7. The molecule has 2 nitrogen and oxygen atoms in total. The van der Waals surface area contributed by atoms with E-state index in [2.05, 4.69) is 53.2 Å². The van der Waals surface area contributed by atoms with E-state index in [0.717, 1.165) is 24.0 Å². The van der Waals surface area contributed by atoms with E-state index in [1.165, 1.54) is 79.1 Å². The van der Waals surface area contributed by atoms with Gasteiger partial charge >= 0.3 is 0 Å². The van der Waals surface area contributed by atoms with Crippen molar-refractivity contribution >= 4 is 22.7 Å². The fourth-order valence-electron chi connectivity index (χ4n) is 4.80. The largest absolute Gasteiger partial charge is 0.497 e. The summed E-state index contributed by atoms with van der Waals surface area (Å²) in [4.78, 5) is 1.34. The third kappa shape index (κ3) is 6.49. The molecule has 0 amide bonds. The first-order valence-electron chi connectivity index (χ1n) is 12.0. The Morgan fingerprint density at radius 2 is 1.74 bits per heavy atom. The second-order valence-corrected chi connectivity index (χ2v) is 9.97. The van der Waals surface area contributed by atoms with E-state index in [-0.39, 0.29) is 0 Å². The number of hydrogen-bond donors (Lipinski definition) is 0. The molecule has 0 atom stereocenters. The summed E-state index contributed by atoms with van der Waals surface area (Å²) in [5.41, 5.74) is 2.68. The molecule has 1 aliphatic carbocycles. The molecule has 0 bridgehead atoms. The average molecular weight is 435 g/mol. The lowest BCUT2D eigenvalue weighted by Crippen LogP contribution is -2.34. The van der Waals surface area contributed by atoms with E-state index in [1.54, 1.807) is 7.11 Å². The van der Waals surface area contributed by atoms with Gasteiger partial charge in [0.2, 0.25) is 5.52 Å². The first-order valence-corrected chi connectivity index (χ1v) is 13.0. The first kappa shape index (κ1) is 22.2. The molecular weight excluding hydrogens is 398 g/mol. The minimum atomic E-state index is 0.917. The van der Waals surface area contributed by atoms with Gasteiger partial charge in [-0.3, -0.25) is 0 Å². The summed E-state index contributed by atoms with van der Waals surface area (Å²) < 4.78 is 7.75. The summed E-state index contributed by atoms with van der Waals surface area (Å²) in [6.45, 7) is 1.11. The highest BCUT2D eigenvalue weighted by Crippen LogP contribution is 2.28. The second-order valence-electron chi connectivity index (χ2n) is 8.92. The van der Waals surface area contributed by atoms with Crippen molar-refractivity contribution in [3.05, 3.63) is 66.4 Å². The Morgan fingerprint density at radius 1 is 0.935 bits per heavy atom. The zero-order chi connectivity index (χ0) is 21.3. The van der Waals surface area contributed by atoms with Crippen LogP contribution in [0.3, 0.4) is 0 Å². The van der Waals surface area contributed by atoms with E-state index >= 15 is 0 Å². The maximum atomic E-state index is 5.27. The van der Waals surface area contributed by atoms with E-state index in [1.807, 2.05) is 23.9 Å². The van der Waals surface area contributed by atoms with Crippen LogP contribution in [0.2, 0.25) is 0 Å². The van der Waals surface area contributed by atoms with Gasteiger partial charge in [0.05, 0.1) is 12.0 Å². The van der Waals surface area contributed by atoms with Crippen molar-refractivity contribution < 1.29 is 9.30 Å². The molecule has 0 N–H and O–H groups in total. The van der Waals surface area contributed by atoms with E-state index in [0.29, 0.717) is 0 Å². The number of rotatable bonds is 10. The number of ether oxygens (including phenoxy) is 1. The average Bonchev–Trinajstić information content (AvgIpc) is 2.83. The number of aromatic nitrogens is 1. The van der Waals surface area contributed by atoms with Gasteiger partial charge in [0, 0.05) is 23.6 Å². The Balaban J connectivity index is 1.35. The Kier molecular flexibility index (Phi) is 8.29. The van der Waals surface area contributed by atoms with Crippen molar-refractivity contribution in [1.29, 1.82) is 0 Å². The van der Waals surface area contributed by atoms with Crippen LogP contribution in [-0.4, -0.2) is 7.11 Å². The number of thioether (sulfide) groups is 1. The molecule has 0 unspecified atom stereocenters. The summed E-state index contributed by atoms with van der Waals surface area (Å²) in [6.07, 6.45) is 15.2. The number of para-hydroxylation sites is 1. The molecule has 2 aromatic carbocycles. The van der Waals surface area contributed by atoms with Crippen LogP contribution in [0.5, 0.6) is 5.75 Å². The molecule has 4 rings (SSSR count). The lowest BCUT2D eigenvalue weighted by molar-refractivity contribution is -0.673. The summed E-state index contributed by atoms with van der Waals surface area (Å²) >= 11 is 1.92. The lowest BCUT2D eigenvalue weighted by Gasteiger charge is -2.21. The number of unbranched alkanes of at least 4 members (excludes halogenated alkanes) is 2. The molecule has 0 radical (unpaired) electrons. The van der Waals surface area contributed by atoms with Gasteiger partial charge in [-0.1, -0.05) is 69.2 Å². The highest BCUT2D eigenvalue weighted by Gasteiger charge is 2.14. The molecule has 31 heavy (non-hydrogen) atoms. The van der Waals surface area contributed by atoms with Gasteiger partial charge < -0.3 is 4.74 Å². The molecule has 0 saturated heterocycles. The van der Waals surface area contributed by atoms with Crippen molar-refractivity contribution in [2.75, 3.05) is 7.11 Å². The molecule has 3 aromatic rings. The molecule has 0 spiro atoms. The fourth-order valence-corrected chi connectivity index (χ4v) is 5.74. The zero-order valence-electron chi connectivity index (χ0n) is 18.9. The fraction of sp³-hybridized carbons (Fsp3) is 0.464. The Hall–Kier alpha value is -2.00. The molecule has 164 valence electrons. The van der Waals surface area contributed by atoms with E-state index < -0.39 is 0 Å². The summed E-state index contributed by atoms with van der Waals surface area (Å²) in [7, 11) is 1.72. The quantitative estimate of drug-likeness (QED) is 0.185. The van der Waals surface area contributed by atoms with Gasteiger partial charge in [-0.05, 0) is 42.2 Å². The highest BCUT2D eigenvalue weighted by molar-refractivity contribution is 7.98. The molecule has 1 heterocycles. The van der Waals surface area contributed by atoms with Crippen molar-refractivity contribution in [3.63, 3.8) is 0 Å². The minimum absolute atomic E-state index is 0.917. The number of nitrogens with zero attached hydrogens (tertiary/aromatic N) is 1. The molecule has 1 aromatic heterocycles. The van der Waals surface area contributed by atoms with Crippen LogP contribution in [0, 0.1) is 5.92 Å². The predicted molar refractivity (Wildman–Crippen MR) is 132 cm³/mol. The Labute approximate surface area is 192 Å².